The Morgan fingerprint density at radius 2 is 2.00 bits per heavy atom. The number of nitrogens with one attached hydrogen (secondary N) is 2. The fourth-order valence-electron chi connectivity index (χ4n) is 3.40. The zero-order valence-electron chi connectivity index (χ0n) is 15.3. The Labute approximate surface area is 160 Å². The van der Waals surface area contributed by atoms with Crippen LogP contribution in [0.15, 0.2) is 48.5 Å². The first-order valence-corrected chi connectivity index (χ1v) is 9.42. The van der Waals surface area contributed by atoms with E-state index in [0.29, 0.717) is 6.42 Å². The highest BCUT2D eigenvalue weighted by molar-refractivity contribution is 5.82. The van der Waals surface area contributed by atoms with Crippen LogP contribution in [-0.2, 0) is 17.8 Å². The lowest BCUT2D eigenvalue weighted by molar-refractivity contribution is -0.124. The van der Waals surface area contributed by atoms with Gasteiger partial charge in [0.25, 0.3) is 0 Å². The van der Waals surface area contributed by atoms with E-state index >= 15 is 0 Å². The molecule has 0 unspecified atom stereocenters. The van der Waals surface area contributed by atoms with Gasteiger partial charge in [-0.3, -0.25) is 4.79 Å². The minimum absolute atomic E-state index is 0.0192. The first-order valence-electron chi connectivity index (χ1n) is 9.42. The van der Waals surface area contributed by atoms with Crippen molar-refractivity contribution in [1.29, 1.82) is 5.26 Å². The monoisotopic (exact) mass is 363 g/mol. The van der Waals surface area contributed by atoms with Crippen molar-refractivity contribution in [1.82, 2.24) is 10.6 Å². The largest absolute Gasteiger partial charge is 0.392 e. The number of benzene rings is 2. The Morgan fingerprint density at radius 3 is 2.67 bits per heavy atom. The number of amides is 1. The molecule has 3 rings (SSSR count). The van der Waals surface area contributed by atoms with Crippen LogP contribution in [0.1, 0.15) is 30.4 Å². The first-order chi connectivity index (χ1) is 13.2. The van der Waals surface area contributed by atoms with Crippen molar-refractivity contribution >= 4 is 5.91 Å². The Kier molecular flexibility index (Phi) is 6.59. The number of aliphatic hydroxyl groups is 1. The molecule has 1 saturated heterocycles. The number of nitrogens with zero attached hydrogens (tertiary/aromatic N) is 1. The van der Waals surface area contributed by atoms with Gasteiger partial charge in [0.1, 0.15) is 6.04 Å². The molecule has 0 aromatic heterocycles. The number of nitriles is 1. The average molecular weight is 363 g/mol. The molecular weight excluding hydrogens is 338 g/mol. The number of carbonyl (C=O) groups is 1. The summed E-state index contributed by atoms with van der Waals surface area (Å²) in [7, 11) is 0. The van der Waals surface area contributed by atoms with Gasteiger partial charge in [0.05, 0.1) is 18.7 Å². The lowest BCUT2D eigenvalue weighted by atomic mass is 9.99. The van der Waals surface area contributed by atoms with Crippen LogP contribution >= 0.6 is 0 Å². The molecule has 27 heavy (non-hydrogen) atoms. The number of piperidine rings is 1. The van der Waals surface area contributed by atoms with E-state index in [1.807, 2.05) is 48.5 Å². The van der Waals surface area contributed by atoms with E-state index in [-0.39, 0.29) is 18.6 Å². The van der Waals surface area contributed by atoms with Gasteiger partial charge < -0.3 is 15.7 Å². The minimum atomic E-state index is -0.537. The van der Waals surface area contributed by atoms with Gasteiger partial charge in [-0.1, -0.05) is 48.9 Å². The highest BCUT2D eigenvalue weighted by Gasteiger charge is 2.22. The van der Waals surface area contributed by atoms with Crippen LogP contribution in [0.25, 0.3) is 11.1 Å². The molecule has 0 bridgehead atoms. The van der Waals surface area contributed by atoms with Gasteiger partial charge >= 0.3 is 0 Å². The summed E-state index contributed by atoms with van der Waals surface area (Å²) in [6, 6.07) is 17.2. The third-order valence-electron chi connectivity index (χ3n) is 4.94. The fraction of sp³-hybridized carbons (Fsp3) is 0.364. The van der Waals surface area contributed by atoms with Crippen molar-refractivity contribution in [2.24, 2.45) is 0 Å². The van der Waals surface area contributed by atoms with Crippen LogP contribution in [0.4, 0.5) is 0 Å². The summed E-state index contributed by atoms with van der Waals surface area (Å²) < 4.78 is 0. The van der Waals surface area contributed by atoms with E-state index < -0.39 is 6.04 Å². The number of aliphatic hydroxyl groups excluding tert-OH is 1. The highest BCUT2D eigenvalue weighted by Crippen LogP contribution is 2.21. The van der Waals surface area contributed by atoms with Crippen molar-refractivity contribution in [3.63, 3.8) is 0 Å². The Morgan fingerprint density at radius 1 is 1.19 bits per heavy atom. The second kappa shape index (κ2) is 9.31. The van der Waals surface area contributed by atoms with E-state index in [0.717, 1.165) is 48.1 Å². The van der Waals surface area contributed by atoms with E-state index in [9.17, 15) is 15.2 Å². The molecule has 0 saturated carbocycles. The van der Waals surface area contributed by atoms with Crippen molar-refractivity contribution in [3.8, 4) is 17.2 Å². The molecule has 3 N–H and O–H groups in total. The Bertz CT molecular complexity index is 805. The van der Waals surface area contributed by atoms with Crippen molar-refractivity contribution < 1.29 is 9.90 Å². The predicted molar refractivity (Wildman–Crippen MR) is 105 cm³/mol. The molecule has 1 heterocycles. The van der Waals surface area contributed by atoms with Gasteiger partial charge in [-0.15, -0.1) is 0 Å². The SMILES string of the molecule is N#C[C@H](Cc1ccc(-c2cccc(CO)c2)cc1)NC(=O)[C@@H]1CCCCN1. The molecule has 140 valence electrons. The Hall–Kier alpha value is -2.68. The molecule has 1 aliphatic rings. The van der Waals surface area contributed by atoms with E-state index in [4.69, 9.17) is 0 Å². The maximum absolute atomic E-state index is 12.3. The molecule has 2 aromatic rings. The summed E-state index contributed by atoms with van der Waals surface area (Å²) in [5, 5.41) is 24.8. The van der Waals surface area contributed by atoms with E-state index in [2.05, 4.69) is 16.7 Å². The van der Waals surface area contributed by atoms with Gasteiger partial charge in [0, 0.05) is 6.42 Å². The molecule has 0 aliphatic carbocycles. The molecule has 1 aliphatic heterocycles. The second-order valence-electron chi connectivity index (χ2n) is 6.95. The Balaban J connectivity index is 1.62. The molecule has 1 amide bonds. The smallest absolute Gasteiger partial charge is 0.238 e. The maximum Gasteiger partial charge on any atom is 0.238 e. The molecule has 5 heteroatoms. The third-order valence-corrected chi connectivity index (χ3v) is 4.94. The van der Waals surface area contributed by atoms with Crippen LogP contribution in [0.5, 0.6) is 0 Å². The van der Waals surface area contributed by atoms with Gasteiger partial charge in [-0.2, -0.15) is 5.26 Å². The lowest BCUT2D eigenvalue weighted by Gasteiger charge is -2.23. The fourth-order valence-corrected chi connectivity index (χ4v) is 3.40. The van der Waals surface area contributed by atoms with Gasteiger partial charge in [0.2, 0.25) is 5.91 Å². The maximum atomic E-state index is 12.3. The van der Waals surface area contributed by atoms with Crippen molar-refractivity contribution in [3.05, 3.63) is 59.7 Å². The third kappa shape index (κ3) is 5.16. The topological polar surface area (TPSA) is 85.2 Å². The molecule has 2 aromatic carbocycles. The summed E-state index contributed by atoms with van der Waals surface area (Å²) in [4.78, 5) is 12.3. The zero-order valence-corrected chi connectivity index (χ0v) is 15.3. The average Bonchev–Trinajstić information content (AvgIpc) is 2.74. The number of hydrogen-bond acceptors (Lipinski definition) is 4. The standard InChI is InChI=1S/C22H25N3O2/c23-14-20(25-22(27)21-6-1-2-11-24-21)13-16-7-9-18(10-8-16)19-5-3-4-17(12-19)15-26/h3-5,7-10,12,20-21,24,26H,1-2,6,11,13,15H2,(H,25,27)/t20-,21-/m0/s1. The number of hydrogen-bond donors (Lipinski definition) is 3. The van der Waals surface area contributed by atoms with Gasteiger partial charge in [-0.05, 0) is 47.7 Å². The highest BCUT2D eigenvalue weighted by atomic mass is 16.3. The molecule has 0 radical (unpaired) electrons. The van der Waals surface area contributed by atoms with Crippen LogP contribution in [-0.4, -0.2) is 29.6 Å². The quantitative estimate of drug-likeness (QED) is 0.736. The predicted octanol–water partition coefficient (Wildman–Crippen LogP) is 2.54. The van der Waals surface area contributed by atoms with Crippen LogP contribution in [0, 0.1) is 11.3 Å². The zero-order chi connectivity index (χ0) is 19.1. The summed E-state index contributed by atoms with van der Waals surface area (Å²) in [6.45, 7) is 0.875. The van der Waals surface area contributed by atoms with Gasteiger partial charge in [0.15, 0.2) is 0 Å². The first kappa shape index (κ1) is 19.1. The van der Waals surface area contributed by atoms with E-state index in [1.165, 1.54) is 0 Å². The molecule has 0 spiro atoms. The number of rotatable bonds is 6. The van der Waals surface area contributed by atoms with E-state index in [1.54, 1.807) is 0 Å². The van der Waals surface area contributed by atoms with Crippen molar-refractivity contribution in [2.45, 2.75) is 44.4 Å². The minimum Gasteiger partial charge on any atom is -0.392 e. The summed E-state index contributed by atoms with van der Waals surface area (Å²) in [5.41, 5.74) is 3.97. The van der Waals surface area contributed by atoms with Crippen molar-refractivity contribution in [2.75, 3.05) is 6.54 Å². The lowest BCUT2D eigenvalue weighted by Crippen LogP contribution is -2.49. The normalized spacial score (nSPS) is 17.7. The molecular formula is C22H25N3O2. The molecule has 2 atom stereocenters. The molecule has 5 nitrogen and oxygen atoms in total. The number of carbonyl (C=O) groups excluding carboxylic acids is 1. The van der Waals surface area contributed by atoms with Gasteiger partial charge in [-0.25, -0.2) is 0 Å². The van der Waals surface area contributed by atoms with Crippen LogP contribution in [0.2, 0.25) is 0 Å². The summed E-state index contributed by atoms with van der Waals surface area (Å²) >= 11 is 0. The van der Waals surface area contributed by atoms with Crippen LogP contribution in [0.3, 0.4) is 0 Å². The summed E-state index contributed by atoms with van der Waals surface area (Å²) in [6.07, 6.45) is 3.44. The summed E-state index contributed by atoms with van der Waals surface area (Å²) in [5.74, 6) is -0.0845. The second-order valence-corrected chi connectivity index (χ2v) is 6.95. The van der Waals surface area contributed by atoms with Crippen LogP contribution < -0.4 is 10.6 Å². The molecule has 1 fully saturated rings.